The summed E-state index contributed by atoms with van der Waals surface area (Å²) in [5.74, 6) is 0.519. The number of alkyl halides is 1. The highest BCUT2D eigenvalue weighted by Gasteiger charge is 2.21. The fourth-order valence-corrected chi connectivity index (χ4v) is 5.35. The number of carbonyl (C=O) groups is 1. The van der Waals surface area contributed by atoms with E-state index in [1.54, 1.807) is 6.20 Å². The normalized spacial score (nSPS) is 16.6. The van der Waals surface area contributed by atoms with Crippen LogP contribution >= 0.6 is 0 Å². The number of rotatable bonds is 7. The first-order valence-electron chi connectivity index (χ1n) is 13.2. The molecule has 0 bridgehead atoms. The molecule has 4 aromatic rings. The van der Waals surface area contributed by atoms with Crippen molar-refractivity contribution in [2.75, 3.05) is 57.9 Å². The second-order valence-corrected chi connectivity index (χ2v) is 10.2. The monoisotopic (exact) mass is 513 g/mol. The van der Waals surface area contributed by atoms with Gasteiger partial charge in [-0.2, -0.15) is 5.10 Å². The number of hydrogen-bond acceptors (Lipinski definition) is 7. The van der Waals surface area contributed by atoms with Crippen molar-refractivity contribution in [2.45, 2.75) is 19.5 Å². The Morgan fingerprint density at radius 3 is 2.71 bits per heavy atom. The Morgan fingerprint density at radius 1 is 1.00 bits per heavy atom. The van der Waals surface area contributed by atoms with Crippen LogP contribution in [0.15, 0.2) is 54.9 Å². The number of Topliss-reactive ketones (excluding diaryl/α,β-unsaturated/α-hetero) is 1. The van der Waals surface area contributed by atoms with Gasteiger partial charge in [0.15, 0.2) is 5.78 Å². The molecule has 0 radical (unpaired) electrons. The average Bonchev–Trinajstić information content (AvgIpc) is 3.37. The van der Waals surface area contributed by atoms with E-state index in [2.05, 4.69) is 37.9 Å². The third-order valence-corrected chi connectivity index (χ3v) is 7.65. The summed E-state index contributed by atoms with van der Waals surface area (Å²) < 4.78 is 14.9. The zero-order valence-electron chi connectivity index (χ0n) is 21.7. The van der Waals surface area contributed by atoms with Crippen LogP contribution in [0.1, 0.15) is 21.9 Å². The molecule has 196 valence electrons. The van der Waals surface area contributed by atoms with Gasteiger partial charge in [0.25, 0.3) is 0 Å². The van der Waals surface area contributed by atoms with Crippen LogP contribution in [-0.2, 0) is 19.5 Å². The number of fused-ring (bicyclic) bond motifs is 2. The topological polar surface area (TPSA) is 70.4 Å². The Morgan fingerprint density at radius 2 is 1.87 bits per heavy atom. The van der Waals surface area contributed by atoms with Crippen molar-refractivity contribution < 1.29 is 9.18 Å². The highest BCUT2D eigenvalue weighted by molar-refractivity contribution is 5.98. The van der Waals surface area contributed by atoms with E-state index in [4.69, 9.17) is 4.98 Å². The van der Waals surface area contributed by atoms with Crippen molar-refractivity contribution in [3.8, 4) is 11.1 Å². The Hall–Kier alpha value is -3.69. The second-order valence-electron chi connectivity index (χ2n) is 10.2. The van der Waals surface area contributed by atoms with Crippen LogP contribution in [0, 0.1) is 0 Å². The molecular formula is C29H32FN7O. The Labute approximate surface area is 221 Å². The quantitative estimate of drug-likeness (QED) is 0.351. The van der Waals surface area contributed by atoms with Crippen LogP contribution in [0.3, 0.4) is 0 Å². The Balaban J connectivity index is 1.22. The van der Waals surface area contributed by atoms with Crippen LogP contribution in [0.25, 0.3) is 22.0 Å². The van der Waals surface area contributed by atoms with E-state index < -0.39 is 0 Å². The molecule has 0 atom stereocenters. The van der Waals surface area contributed by atoms with Crippen LogP contribution in [0.5, 0.6) is 0 Å². The number of ketones is 1. The SMILES string of the molecule is CN1CCN(c2cccc(C(=O)Cc3ncc4ccc(-c5cnn6c5CN(CCF)CC6)cc4n3)c2)CC1. The molecule has 0 spiro atoms. The lowest BCUT2D eigenvalue weighted by Crippen LogP contribution is -2.44. The van der Waals surface area contributed by atoms with Crippen molar-refractivity contribution in [3.63, 3.8) is 0 Å². The summed E-state index contributed by atoms with van der Waals surface area (Å²) in [6.07, 6.45) is 3.81. The van der Waals surface area contributed by atoms with Gasteiger partial charge in [-0.05, 0) is 30.8 Å². The number of halogens is 1. The van der Waals surface area contributed by atoms with Gasteiger partial charge in [-0.25, -0.2) is 14.4 Å². The van der Waals surface area contributed by atoms with E-state index >= 15 is 0 Å². The Bertz CT molecular complexity index is 1460. The standard InChI is InChI=1S/C29H32FN7O/c1-34-9-12-36(13-10-34)24-4-2-3-22(15-24)28(38)17-29-31-18-23-6-5-21(16-26(23)33-29)25-19-32-37-14-11-35(8-7-30)20-27(25)37/h2-6,15-16,18-19H,7-14,17,20H2,1H3. The molecule has 0 N–H and O–H groups in total. The van der Waals surface area contributed by atoms with Crippen LogP contribution in [0.2, 0.25) is 0 Å². The molecule has 2 aliphatic rings. The van der Waals surface area contributed by atoms with E-state index in [9.17, 15) is 9.18 Å². The minimum atomic E-state index is -0.349. The summed E-state index contributed by atoms with van der Waals surface area (Å²) in [7, 11) is 2.13. The number of carbonyl (C=O) groups excluding carboxylic acids is 1. The third kappa shape index (κ3) is 5.04. The maximum Gasteiger partial charge on any atom is 0.170 e. The molecule has 0 saturated carbocycles. The van der Waals surface area contributed by atoms with Crippen LogP contribution in [0.4, 0.5) is 10.1 Å². The number of piperazine rings is 1. The lowest BCUT2D eigenvalue weighted by molar-refractivity contribution is 0.0991. The van der Waals surface area contributed by atoms with Crippen molar-refractivity contribution >= 4 is 22.4 Å². The van der Waals surface area contributed by atoms with Gasteiger partial charge in [0.05, 0.1) is 30.4 Å². The molecule has 38 heavy (non-hydrogen) atoms. The fourth-order valence-electron chi connectivity index (χ4n) is 5.35. The maximum absolute atomic E-state index is 13.2. The second kappa shape index (κ2) is 10.6. The molecule has 4 heterocycles. The first kappa shape index (κ1) is 24.6. The van der Waals surface area contributed by atoms with Gasteiger partial charge in [0, 0.05) is 74.2 Å². The number of anilines is 1. The minimum absolute atomic E-state index is 0.00939. The fraction of sp³-hybridized carbons (Fsp3) is 0.379. The summed E-state index contributed by atoms with van der Waals surface area (Å²) in [4.78, 5) is 29.2. The molecule has 1 saturated heterocycles. The first-order chi connectivity index (χ1) is 18.6. The third-order valence-electron chi connectivity index (χ3n) is 7.65. The van der Waals surface area contributed by atoms with Gasteiger partial charge in [-0.1, -0.05) is 24.3 Å². The zero-order chi connectivity index (χ0) is 26.1. The lowest BCUT2D eigenvalue weighted by atomic mass is 10.0. The van der Waals surface area contributed by atoms with Gasteiger partial charge < -0.3 is 9.80 Å². The maximum atomic E-state index is 13.2. The van der Waals surface area contributed by atoms with Crippen LogP contribution < -0.4 is 4.90 Å². The molecule has 1 fully saturated rings. The van der Waals surface area contributed by atoms with Gasteiger partial charge in [0.2, 0.25) is 0 Å². The molecule has 2 aromatic carbocycles. The van der Waals surface area contributed by atoms with Crippen molar-refractivity contribution in [1.29, 1.82) is 0 Å². The summed E-state index contributed by atoms with van der Waals surface area (Å²) in [6.45, 7) is 6.27. The molecule has 9 heteroatoms. The molecule has 6 rings (SSSR count). The molecule has 8 nitrogen and oxygen atoms in total. The average molecular weight is 514 g/mol. The molecule has 2 aromatic heterocycles. The lowest BCUT2D eigenvalue weighted by Gasteiger charge is -2.34. The van der Waals surface area contributed by atoms with E-state index in [-0.39, 0.29) is 18.9 Å². The number of likely N-dealkylation sites (N-methyl/N-ethyl adjacent to an activating group) is 1. The van der Waals surface area contributed by atoms with Crippen molar-refractivity contribution in [1.82, 2.24) is 29.5 Å². The predicted molar refractivity (Wildman–Crippen MR) is 146 cm³/mol. The van der Waals surface area contributed by atoms with Crippen molar-refractivity contribution in [3.05, 3.63) is 71.9 Å². The minimum Gasteiger partial charge on any atom is -0.369 e. The van der Waals surface area contributed by atoms with E-state index in [1.807, 2.05) is 47.3 Å². The van der Waals surface area contributed by atoms with Gasteiger partial charge >= 0.3 is 0 Å². The van der Waals surface area contributed by atoms with Gasteiger partial charge in [-0.15, -0.1) is 0 Å². The van der Waals surface area contributed by atoms with E-state index in [0.717, 1.165) is 72.7 Å². The molecular weight excluding hydrogens is 481 g/mol. The largest absolute Gasteiger partial charge is 0.369 e. The molecule has 0 unspecified atom stereocenters. The molecule has 0 aliphatic carbocycles. The van der Waals surface area contributed by atoms with Crippen molar-refractivity contribution in [2.24, 2.45) is 0 Å². The zero-order valence-corrected chi connectivity index (χ0v) is 21.7. The molecule has 2 aliphatic heterocycles. The number of benzene rings is 2. The van der Waals surface area contributed by atoms with Gasteiger partial charge in [-0.3, -0.25) is 14.4 Å². The van der Waals surface area contributed by atoms with Gasteiger partial charge in [0.1, 0.15) is 12.5 Å². The number of aromatic nitrogens is 4. The highest BCUT2D eigenvalue weighted by atomic mass is 19.1. The number of hydrogen-bond donors (Lipinski definition) is 0. The summed E-state index contributed by atoms with van der Waals surface area (Å²) in [5, 5.41) is 5.47. The predicted octanol–water partition coefficient (Wildman–Crippen LogP) is 3.46. The highest BCUT2D eigenvalue weighted by Crippen LogP contribution is 2.29. The summed E-state index contributed by atoms with van der Waals surface area (Å²) >= 11 is 0. The smallest absolute Gasteiger partial charge is 0.170 e. The molecule has 0 amide bonds. The van der Waals surface area contributed by atoms with E-state index in [0.29, 0.717) is 24.5 Å². The summed E-state index contributed by atoms with van der Waals surface area (Å²) in [6, 6.07) is 14.0. The number of nitrogens with zero attached hydrogens (tertiary/aromatic N) is 7. The van der Waals surface area contributed by atoms with Crippen LogP contribution in [-0.4, -0.2) is 88.3 Å². The Kier molecular flexibility index (Phi) is 6.86. The summed E-state index contributed by atoms with van der Waals surface area (Å²) in [5.41, 5.74) is 5.70. The van der Waals surface area contributed by atoms with E-state index in [1.165, 1.54) is 0 Å². The first-order valence-corrected chi connectivity index (χ1v) is 13.2.